The van der Waals surface area contributed by atoms with Gasteiger partial charge in [0.2, 0.25) is 11.8 Å². The summed E-state index contributed by atoms with van der Waals surface area (Å²) in [6.45, 7) is 1.66. The van der Waals surface area contributed by atoms with Gasteiger partial charge in [-0.1, -0.05) is 13.0 Å². The van der Waals surface area contributed by atoms with Crippen LogP contribution in [0.2, 0.25) is 0 Å². The molecular weight excluding hydrogens is 262 g/mol. The van der Waals surface area contributed by atoms with E-state index in [0.29, 0.717) is 5.56 Å². The van der Waals surface area contributed by atoms with Crippen LogP contribution < -0.4 is 10.6 Å². The van der Waals surface area contributed by atoms with Crippen LogP contribution in [0, 0.1) is 5.41 Å². The number of carbonyl (C=O) groups is 3. The summed E-state index contributed by atoms with van der Waals surface area (Å²) < 4.78 is 0. The van der Waals surface area contributed by atoms with Crippen LogP contribution in [0.5, 0.6) is 0 Å². The van der Waals surface area contributed by atoms with Crippen LogP contribution in [0.4, 0.5) is 4.79 Å². The summed E-state index contributed by atoms with van der Waals surface area (Å²) in [4.78, 5) is 39.0. The van der Waals surface area contributed by atoms with Crippen molar-refractivity contribution in [3.8, 4) is 0 Å². The molecule has 0 bridgehead atoms. The van der Waals surface area contributed by atoms with Crippen LogP contribution in [0.25, 0.3) is 0 Å². The van der Waals surface area contributed by atoms with Crippen molar-refractivity contribution in [1.29, 1.82) is 0 Å². The van der Waals surface area contributed by atoms with Gasteiger partial charge in [-0.3, -0.25) is 25.2 Å². The molecule has 20 heavy (non-hydrogen) atoms. The zero-order valence-electron chi connectivity index (χ0n) is 10.9. The molecule has 1 aromatic heterocycles. The molecule has 2 heterocycles. The van der Waals surface area contributed by atoms with Gasteiger partial charge in [0.25, 0.3) is 0 Å². The largest absolute Gasteiger partial charge is 0.388 e. The summed E-state index contributed by atoms with van der Waals surface area (Å²) in [5, 5.41) is 14.3. The monoisotopic (exact) mass is 277 g/mol. The number of pyridine rings is 1. The molecule has 1 aromatic rings. The lowest BCUT2D eigenvalue weighted by Gasteiger charge is -2.34. The Hall–Kier alpha value is -2.28. The third kappa shape index (κ3) is 2.39. The maximum Gasteiger partial charge on any atom is 0.328 e. The topological polar surface area (TPSA) is 108 Å². The Balaban J connectivity index is 2.25. The van der Waals surface area contributed by atoms with Crippen LogP contribution >= 0.6 is 0 Å². The minimum Gasteiger partial charge on any atom is -0.388 e. The molecule has 4 amide bonds. The van der Waals surface area contributed by atoms with Gasteiger partial charge in [0.05, 0.1) is 6.10 Å². The first kappa shape index (κ1) is 14.1. The quantitative estimate of drug-likeness (QED) is 0.684. The second-order valence-corrected chi connectivity index (χ2v) is 4.68. The number of imide groups is 2. The molecule has 106 valence electrons. The molecule has 1 atom stereocenters. The summed E-state index contributed by atoms with van der Waals surface area (Å²) in [7, 11) is 0. The Morgan fingerprint density at radius 3 is 2.45 bits per heavy atom. The Bertz CT molecular complexity index is 524. The highest BCUT2D eigenvalue weighted by Crippen LogP contribution is 2.35. The number of urea groups is 1. The first-order chi connectivity index (χ1) is 9.49. The molecule has 1 unspecified atom stereocenters. The van der Waals surface area contributed by atoms with Gasteiger partial charge in [0.1, 0.15) is 5.41 Å². The molecule has 0 saturated carbocycles. The lowest BCUT2D eigenvalue weighted by Crippen LogP contribution is -2.62. The fraction of sp³-hybridized carbons (Fsp3) is 0.385. The number of hydrogen-bond acceptors (Lipinski definition) is 5. The number of aliphatic hydroxyl groups is 1. The van der Waals surface area contributed by atoms with Gasteiger partial charge in [0.15, 0.2) is 0 Å². The number of aliphatic hydroxyl groups excluding tert-OH is 1. The Labute approximate surface area is 115 Å². The van der Waals surface area contributed by atoms with Crippen molar-refractivity contribution < 1.29 is 19.5 Å². The molecule has 1 saturated heterocycles. The molecule has 0 aromatic carbocycles. The number of nitrogens with zero attached hydrogens (tertiary/aromatic N) is 1. The van der Waals surface area contributed by atoms with E-state index in [1.807, 2.05) is 0 Å². The van der Waals surface area contributed by atoms with Crippen molar-refractivity contribution in [1.82, 2.24) is 15.6 Å². The molecule has 7 heteroatoms. The maximum atomic E-state index is 12.0. The van der Waals surface area contributed by atoms with Crippen LogP contribution in [0.15, 0.2) is 24.5 Å². The second kappa shape index (κ2) is 5.38. The summed E-state index contributed by atoms with van der Waals surface area (Å²) in [6, 6.07) is 2.48. The number of carbonyl (C=O) groups excluding carboxylic acids is 3. The van der Waals surface area contributed by atoms with E-state index in [2.05, 4.69) is 15.6 Å². The van der Waals surface area contributed by atoms with Gasteiger partial charge in [-0.15, -0.1) is 0 Å². The standard InChI is InChI=1S/C13H15N3O4/c1-2-13(10(18)15-12(20)16-11(13)19)6-9(17)8-4-3-5-14-7-8/h3-5,7,9,17H,2,6H2,1H3,(H2,15,16,18,19,20). The lowest BCUT2D eigenvalue weighted by molar-refractivity contribution is -0.147. The smallest absolute Gasteiger partial charge is 0.328 e. The first-order valence-electron chi connectivity index (χ1n) is 6.24. The minimum atomic E-state index is -1.46. The molecular formula is C13H15N3O4. The van der Waals surface area contributed by atoms with Gasteiger partial charge >= 0.3 is 6.03 Å². The van der Waals surface area contributed by atoms with E-state index in [9.17, 15) is 19.5 Å². The van der Waals surface area contributed by atoms with E-state index >= 15 is 0 Å². The third-order valence-corrected chi connectivity index (χ3v) is 3.54. The average Bonchev–Trinajstić information content (AvgIpc) is 2.43. The minimum absolute atomic E-state index is 0.111. The van der Waals surface area contributed by atoms with Crippen molar-refractivity contribution in [2.24, 2.45) is 5.41 Å². The Kier molecular flexibility index (Phi) is 3.80. The molecule has 7 nitrogen and oxygen atoms in total. The van der Waals surface area contributed by atoms with Gasteiger partial charge in [-0.25, -0.2) is 4.79 Å². The van der Waals surface area contributed by atoms with Crippen molar-refractivity contribution >= 4 is 17.8 Å². The fourth-order valence-electron chi connectivity index (χ4n) is 2.25. The average molecular weight is 277 g/mol. The molecule has 0 aliphatic carbocycles. The molecule has 1 fully saturated rings. The van der Waals surface area contributed by atoms with Crippen LogP contribution in [-0.2, 0) is 9.59 Å². The Morgan fingerprint density at radius 2 is 1.95 bits per heavy atom. The normalized spacial score (nSPS) is 19.2. The highest BCUT2D eigenvalue weighted by Gasteiger charge is 2.50. The van der Waals surface area contributed by atoms with E-state index in [1.54, 1.807) is 25.3 Å². The SMILES string of the molecule is CCC1(CC(O)c2cccnc2)C(=O)NC(=O)NC1=O. The summed E-state index contributed by atoms with van der Waals surface area (Å²) in [6.07, 6.45) is 2.07. The summed E-state index contributed by atoms with van der Waals surface area (Å²) in [5.74, 6) is -1.37. The van der Waals surface area contributed by atoms with E-state index < -0.39 is 29.4 Å². The van der Waals surface area contributed by atoms with Gasteiger partial charge in [-0.2, -0.15) is 0 Å². The van der Waals surface area contributed by atoms with Crippen LogP contribution in [0.3, 0.4) is 0 Å². The number of rotatable bonds is 4. The molecule has 0 radical (unpaired) electrons. The van der Waals surface area contributed by atoms with Crippen molar-refractivity contribution in [3.05, 3.63) is 30.1 Å². The predicted octanol–water partition coefficient (Wildman–Crippen LogP) is 0.267. The zero-order valence-corrected chi connectivity index (χ0v) is 10.9. The number of hydrogen-bond donors (Lipinski definition) is 3. The molecule has 1 aliphatic heterocycles. The van der Waals surface area contributed by atoms with Crippen molar-refractivity contribution in [3.63, 3.8) is 0 Å². The van der Waals surface area contributed by atoms with Crippen molar-refractivity contribution in [2.75, 3.05) is 0 Å². The van der Waals surface area contributed by atoms with Gasteiger partial charge in [-0.05, 0) is 18.1 Å². The molecule has 1 aliphatic rings. The number of barbiturate groups is 1. The second-order valence-electron chi connectivity index (χ2n) is 4.68. The highest BCUT2D eigenvalue weighted by molar-refractivity contribution is 6.19. The zero-order chi connectivity index (χ0) is 14.8. The van der Waals surface area contributed by atoms with Gasteiger partial charge < -0.3 is 5.11 Å². The number of aromatic nitrogens is 1. The third-order valence-electron chi connectivity index (χ3n) is 3.54. The van der Waals surface area contributed by atoms with Crippen LogP contribution in [0.1, 0.15) is 31.4 Å². The first-order valence-corrected chi connectivity index (χ1v) is 6.24. The Morgan fingerprint density at radius 1 is 1.30 bits per heavy atom. The van der Waals surface area contributed by atoms with E-state index in [4.69, 9.17) is 0 Å². The van der Waals surface area contributed by atoms with Crippen molar-refractivity contribution in [2.45, 2.75) is 25.9 Å². The van der Waals surface area contributed by atoms with E-state index in [0.717, 1.165) is 0 Å². The predicted molar refractivity (Wildman–Crippen MR) is 68.2 cm³/mol. The fourth-order valence-corrected chi connectivity index (χ4v) is 2.25. The van der Waals surface area contributed by atoms with E-state index in [-0.39, 0.29) is 12.8 Å². The van der Waals surface area contributed by atoms with E-state index in [1.165, 1.54) is 6.20 Å². The molecule has 3 N–H and O–H groups in total. The molecule has 2 rings (SSSR count). The lowest BCUT2D eigenvalue weighted by atomic mass is 9.76. The van der Waals surface area contributed by atoms with Gasteiger partial charge in [0, 0.05) is 18.8 Å². The molecule has 0 spiro atoms. The number of nitrogens with one attached hydrogen (secondary N) is 2. The number of amides is 4. The highest BCUT2D eigenvalue weighted by atomic mass is 16.3. The summed E-state index contributed by atoms with van der Waals surface area (Å²) in [5.41, 5.74) is -0.943. The maximum absolute atomic E-state index is 12.0. The van der Waals surface area contributed by atoms with Crippen LogP contribution in [-0.4, -0.2) is 27.9 Å². The summed E-state index contributed by atoms with van der Waals surface area (Å²) >= 11 is 0.